The normalized spacial score (nSPS) is 23.5. The highest BCUT2D eigenvalue weighted by molar-refractivity contribution is 5.93. The topological polar surface area (TPSA) is 58.4 Å². The van der Waals surface area contributed by atoms with Crippen molar-refractivity contribution >= 4 is 17.3 Å². The molecule has 19 heavy (non-hydrogen) atoms. The predicted molar refractivity (Wildman–Crippen MR) is 79.0 cm³/mol. The minimum absolute atomic E-state index is 0.0370. The summed E-state index contributed by atoms with van der Waals surface area (Å²) in [5.74, 6) is 1.37. The monoisotopic (exact) mass is 261 g/mol. The minimum atomic E-state index is 0.0370. The average molecular weight is 261 g/mol. The lowest BCUT2D eigenvalue weighted by Gasteiger charge is -2.16. The van der Waals surface area contributed by atoms with Crippen molar-refractivity contribution in [3.05, 3.63) is 23.8 Å². The van der Waals surface area contributed by atoms with Gasteiger partial charge in [0.25, 0.3) is 0 Å². The van der Waals surface area contributed by atoms with Crippen LogP contribution < -0.4 is 11.1 Å². The number of anilines is 2. The van der Waals surface area contributed by atoms with Crippen LogP contribution in [-0.2, 0) is 4.79 Å². The fraction of sp³-hybridized carbons (Fsp3) is 0.533. The van der Waals surface area contributed by atoms with E-state index in [1.807, 2.05) is 25.1 Å². The Kier molecular flexibility index (Phi) is 4.10. The summed E-state index contributed by atoms with van der Waals surface area (Å²) in [5, 5.41) is 2.95. The Labute approximate surface area is 115 Å². The molecule has 2 atom stereocenters. The first-order valence-corrected chi connectivity index (χ1v) is 6.84. The van der Waals surface area contributed by atoms with E-state index in [1.165, 1.54) is 0 Å². The van der Waals surface area contributed by atoms with Crippen LogP contribution in [0.4, 0.5) is 11.4 Å². The molecule has 1 aliphatic heterocycles. The zero-order valence-electron chi connectivity index (χ0n) is 11.9. The first kappa shape index (κ1) is 13.9. The van der Waals surface area contributed by atoms with Gasteiger partial charge in [-0.05, 0) is 36.5 Å². The van der Waals surface area contributed by atoms with Crippen molar-refractivity contribution in [1.82, 2.24) is 4.90 Å². The lowest BCUT2D eigenvalue weighted by Crippen LogP contribution is -2.31. The highest BCUT2D eigenvalue weighted by atomic mass is 16.2. The van der Waals surface area contributed by atoms with Gasteiger partial charge < -0.3 is 11.1 Å². The van der Waals surface area contributed by atoms with Gasteiger partial charge in [0, 0.05) is 24.5 Å². The minimum Gasteiger partial charge on any atom is -0.399 e. The molecular weight excluding hydrogens is 238 g/mol. The highest BCUT2D eigenvalue weighted by Gasteiger charge is 2.27. The van der Waals surface area contributed by atoms with Gasteiger partial charge in [-0.15, -0.1) is 0 Å². The van der Waals surface area contributed by atoms with Crippen molar-refractivity contribution < 1.29 is 4.79 Å². The molecular formula is C15H23N3O. The number of benzene rings is 1. The third-order valence-electron chi connectivity index (χ3n) is 3.97. The number of nitrogens with zero attached hydrogens (tertiary/aromatic N) is 1. The Bertz CT molecular complexity index is 462. The molecule has 104 valence electrons. The maximum atomic E-state index is 12.1. The summed E-state index contributed by atoms with van der Waals surface area (Å²) in [7, 11) is 0. The number of hydrogen-bond donors (Lipinski definition) is 2. The summed E-state index contributed by atoms with van der Waals surface area (Å²) >= 11 is 0. The van der Waals surface area contributed by atoms with Crippen molar-refractivity contribution in [2.75, 3.05) is 30.7 Å². The van der Waals surface area contributed by atoms with E-state index < -0.39 is 0 Å². The Morgan fingerprint density at radius 1 is 1.37 bits per heavy atom. The number of hydrogen-bond acceptors (Lipinski definition) is 3. The zero-order valence-corrected chi connectivity index (χ0v) is 11.9. The van der Waals surface area contributed by atoms with Gasteiger partial charge in [-0.2, -0.15) is 0 Å². The second-order valence-electron chi connectivity index (χ2n) is 5.77. The number of nitrogens with two attached hydrogens (primary N) is 1. The van der Waals surface area contributed by atoms with Gasteiger partial charge in [-0.3, -0.25) is 9.69 Å². The average Bonchev–Trinajstić information content (AvgIpc) is 2.63. The van der Waals surface area contributed by atoms with Gasteiger partial charge >= 0.3 is 0 Å². The number of likely N-dealkylation sites (tertiary alicyclic amines) is 1. The maximum absolute atomic E-state index is 12.1. The molecule has 0 aromatic heterocycles. The molecule has 3 N–H and O–H groups in total. The number of nitrogen functional groups attached to an aromatic ring is 1. The van der Waals surface area contributed by atoms with Crippen LogP contribution in [0.1, 0.15) is 19.4 Å². The molecule has 2 unspecified atom stereocenters. The summed E-state index contributed by atoms with van der Waals surface area (Å²) in [4.78, 5) is 14.3. The van der Waals surface area contributed by atoms with Gasteiger partial charge in [0.2, 0.25) is 5.91 Å². The molecule has 1 aromatic rings. The van der Waals surface area contributed by atoms with E-state index in [4.69, 9.17) is 5.73 Å². The molecule has 0 aliphatic carbocycles. The second kappa shape index (κ2) is 5.61. The van der Waals surface area contributed by atoms with Gasteiger partial charge in [-0.1, -0.05) is 19.9 Å². The summed E-state index contributed by atoms with van der Waals surface area (Å²) in [6.07, 6.45) is 0. The Balaban J connectivity index is 1.93. The number of nitrogens with one attached hydrogen (secondary N) is 1. The smallest absolute Gasteiger partial charge is 0.238 e. The van der Waals surface area contributed by atoms with E-state index in [-0.39, 0.29) is 5.91 Å². The van der Waals surface area contributed by atoms with E-state index in [2.05, 4.69) is 24.1 Å². The van der Waals surface area contributed by atoms with Crippen molar-refractivity contribution in [2.24, 2.45) is 11.8 Å². The SMILES string of the molecule is Cc1ccc(N)cc1NC(=O)CN1CC(C)C(C)C1. The van der Waals surface area contributed by atoms with Crippen LogP contribution in [0, 0.1) is 18.8 Å². The van der Waals surface area contributed by atoms with Crippen LogP contribution in [0.25, 0.3) is 0 Å². The van der Waals surface area contributed by atoms with Gasteiger partial charge in [0.05, 0.1) is 6.54 Å². The molecule has 1 aromatic carbocycles. The number of carbonyl (C=O) groups excluding carboxylic acids is 1. The van der Waals surface area contributed by atoms with Crippen LogP contribution in [0.5, 0.6) is 0 Å². The molecule has 4 heteroatoms. The molecule has 0 radical (unpaired) electrons. The van der Waals surface area contributed by atoms with Crippen LogP contribution in [-0.4, -0.2) is 30.4 Å². The molecule has 4 nitrogen and oxygen atoms in total. The maximum Gasteiger partial charge on any atom is 0.238 e. The van der Waals surface area contributed by atoms with Crippen molar-refractivity contribution in [2.45, 2.75) is 20.8 Å². The lowest BCUT2D eigenvalue weighted by molar-refractivity contribution is -0.117. The van der Waals surface area contributed by atoms with Crippen LogP contribution in [0.2, 0.25) is 0 Å². The van der Waals surface area contributed by atoms with Gasteiger partial charge in [-0.25, -0.2) is 0 Å². The third-order valence-corrected chi connectivity index (χ3v) is 3.97. The Hall–Kier alpha value is -1.55. The predicted octanol–water partition coefficient (Wildman–Crippen LogP) is 2.10. The summed E-state index contributed by atoms with van der Waals surface area (Å²) in [6, 6.07) is 5.57. The second-order valence-corrected chi connectivity index (χ2v) is 5.77. The summed E-state index contributed by atoms with van der Waals surface area (Å²) in [6.45, 7) is 8.92. The van der Waals surface area contributed by atoms with E-state index >= 15 is 0 Å². The molecule has 1 amide bonds. The molecule has 2 rings (SSSR count). The van der Waals surface area contributed by atoms with Gasteiger partial charge in [0.15, 0.2) is 0 Å². The van der Waals surface area contributed by atoms with Crippen molar-refractivity contribution in [3.8, 4) is 0 Å². The van der Waals surface area contributed by atoms with E-state index in [0.29, 0.717) is 24.1 Å². The van der Waals surface area contributed by atoms with Crippen LogP contribution in [0.3, 0.4) is 0 Å². The molecule has 1 heterocycles. The van der Waals surface area contributed by atoms with Crippen molar-refractivity contribution in [1.29, 1.82) is 0 Å². The molecule has 1 saturated heterocycles. The zero-order chi connectivity index (χ0) is 14.0. The van der Waals surface area contributed by atoms with Crippen molar-refractivity contribution in [3.63, 3.8) is 0 Å². The van der Waals surface area contributed by atoms with E-state index in [9.17, 15) is 4.79 Å². The molecule has 1 fully saturated rings. The fourth-order valence-electron chi connectivity index (χ4n) is 2.55. The lowest BCUT2D eigenvalue weighted by atomic mass is 10.0. The molecule has 1 aliphatic rings. The number of amides is 1. The van der Waals surface area contributed by atoms with Gasteiger partial charge in [0.1, 0.15) is 0 Å². The summed E-state index contributed by atoms with van der Waals surface area (Å²) < 4.78 is 0. The van der Waals surface area contributed by atoms with E-state index in [1.54, 1.807) is 0 Å². The first-order chi connectivity index (χ1) is 8.95. The first-order valence-electron chi connectivity index (χ1n) is 6.84. The fourth-order valence-corrected chi connectivity index (χ4v) is 2.55. The van der Waals surface area contributed by atoms with Crippen LogP contribution in [0.15, 0.2) is 18.2 Å². The third kappa shape index (κ3) is 3.47. The number of rotatable bonds is 3. The molecule has 0 spiro atoms. The van der Waals surface area contributed by atoms with E-state index in [0.717, 1.165) is 24.3 Å². The molecule has 0 bridgehead atoms. The number of carbonyl (C=O) groups is 1. The number of aryl methyl sites for hydroxylation is 1. The standard InChI is InChI=1S/C15H23N3O/c1-10-4-5-13(16)6-14(10)17-15(19)9-18-7-11(2)12(3)8-18/h4-6,11-12H,7-9,16H2,1-3H3,(H,17,19). The Morgan fingerprint density at radius 3 is 2.63 bits per heavy atom. The summed E-state index contributed by atoms with van der Waals surface area (Å²) in [5.41, 5.74) is 8.26. The Morgan fingerprint density at radius 2 is 2.00 bits per heavy atom. The largest absolute Gasteiger partial charge is 0.399 e. The van der Waals surface area contributed by atoms with Crippen LogP contribution >= 0.6 is 0 Å². The molecule has 0 saturated carbocycles. The quantitative estimate of drug-likeness (QED) is 0.819. The highest BCUT2D eigenvalue weighted by Crippen LogP contribution is 2.22.